The molecule has 1 fully saturated rings. The zero-order chi connectivity index (χ0) is 37.6. The average Bonchev–Trinajstić information content (AvgIpc) is 3.08. The minimum absolute atomic E-state index is 0.0375. The number of carbonyl (C=O) groups is 5. The molecule has 2 heterocycles. The Balaban J connectivity index is 2.05. The molecular formula is C33H47N7O10S. The maximum Gasteiger partial charge on any atom is 0.320 e. The van der Waals surface area contributed by atoms with Crippen LogP contribution in [0.15, 0.2) is 42.9 Å². The number of nitrogens with zero attached hydrogens (tertiary/aromatic N) is 6. The number of carboxylic acids is 1. The molecule has 1 saturated heterocycles. The largest absolute Gasteiger partial charge is 0.480 e. The van der Waals surface area contributed by atoms with Crippen LogP contribution in [0.4, 0.5) is 0 Å². The number of sulfone groups is 1. The zero-order valence-corrected chi connectivity index (χ0v) is 29.8. The van der Waals surface area contributed by atoms with Crippen LogP contribution >= 0.6 is 0 Å². The van der Waals surface area contributed by atoms with Crippen molar-refractivity contribution in [2.24, 2.45) is 0 Å². The number of nitrogens with one attached hydrogen (secondary N) is 1. The van der Waals surface area contributed by atoms with Gasteiger partial charge in [0.15, 0.2) is 0 Å². The molecule has 17 nitrogen and oxygen atoms in total. The third kappa shape index (κ3) is 18.2. The van der Waals surface area contributed by atoms with Crippen LogP contribution in [-0.4, -0.2) is 171 Å². The molecule has 0 aliphatic carbocycles. The Hall–Kier alpha value is -4.70. The summed E-state index contributed by atoms with van der Waals surface area (Å²) in [6.07, 6.45) is 7.40. The van der Waals surface area contributed by atoms with Gasteiger partial charge in [-0.05, 0) is 6.42 Å². The molecule has 1 aromatic heterocycles. The highest BCUT2D eigenvalue weighted by Crippen LogP contribution is 2.04. The van der Waals surface area contributed by atoms with Crippen LogP contribution in [0.5, 0.6) is 0 Å². The average molecular weight is 734 g/mol. The van der Waals surface area contributed by atoms with Crippen LogP contribution in [0, 0.1) is 11.8 Å². The molecule has 280 valence electrons. The first-order chi connectivity index (χ1) is 24.3. The number of ether oxygens (including phenoxy) is 2. The molecule has 1 aliphatic heterocycles. The standard InChI is InChI=1S/C33H47N7O10S/c1-4-19-49-31(45)25-38-13-11-37(24-30(43)44)12-14-39(26-32(46)50-20-5-2)16-18-40(17-15-38)29(42)23-34-28(41)10-8-6-7-9-27-21-35-33(36-22-27)51(3,47)48/h4-5,21-22H,1-2,6,8,10-20,23-26H2,3H3,(H,34,41)(H,43,44). The van der Waals surface area contributed by atoms with Gasteiger partial charge < -0.3 is 24.8 Å². The summed E-state index contributed by atoms with van der Waals surface area (Å²) in [6.45, 7) is 8.55. The van der Waals surface area contributed by atoms with Gasteiger partial charge >= 0.3 is 17.9 Å². The van der Waals surface area contributed by atoms with E-state index in [1.807, 2.05) is 0 Å². The van der Waals surface area contributed by atoms with Crippen molar-refractivity contribution in [2.75, 3.05) is 98.0 Å². The number of carboxylic acid groups (broad SMARTS) is 1. The lowest BCUT2D eigenvalue weighted by Gasteiger charge is -2.33. The van der Waals surface area contributed by atoms with Gasteiger partial charge in [0.1, 0.15) is 13.2 Å². The van der Waals surface area contributed by atoms with E-state index in [2.05, 4.69) is 40.3 Å². The van der Waals surface area contributed by atoms with E-state index in [0.717, 1.165) is 6.26 Å². The van der Waals surface area contributed by atoms with Gasteiger partial charge in [0.25, 0.3) is 0 Å². The number of amides is 2. The summed E-state index contributed by atoms with van der Waals surface area (Å²) in [6, 6.07) is 0. The molecule has 0 unspecified atom stereocenters. The van der Waals surface area contributed by atoms with Crippen LogP contribution in [0.3, 0.4) is 0 Å². The minimum Gasteiger partial charge on any atom is -0.480 e. The smallest absolute Gasteiger partial charge is 0.320 e. The van der Waals surface area contributed by atoms with Gasteiger partial charge in [-0.1, -0.05) is 37.2 Å². The molecule has 2 rings (SSSR count). The van der Waals surface area contributed by atoms with Gasteiger partial charge in [-0.3, -0.25) is 38.7 Å². The van der Waals surface area contributed by atoms with Crippen molar-refractivity contribution >= 4 is 39.6 Å². The van der Waals surface area contributed by atoms with Gasteiger partial charge in [-0.25, -0.2) is 18.4 Å². The number of unbranched alkanes of at least 4 members (excludes halogenated alkanes) is 1. The quantitative estimate of drug-likeness (QED) is 0.0673. The first kappa shape index (κ1) is 42.5. The van der Waals surface area contributed by atoms with Crippen LogP contribution in [-0.2, 0) is 43.3 Å². The van der Waals surface area contributed by atoms with E-state index in [1.54, 1.807) is 19.6 Å². The first-order valence-electron chi connectivity index (χ1n) is 16.3. The highest BCUT2D eigenvalue weighted by molar-refractivity contribution is 7.90. The van der Waals surface area contributed by atoms with E-state index >= 15 is 0 Å². The Labute approximate surface area is 298 Å². The Morgan fingerprint density at radius 3 is 1.82 bits per heavy atom. The number of hydrogen-bond acceptors (Lipinski definition) is 14. The lowest BCUT2D eigenvalue weighted by atomic mass is 10.2. The molecule has 0 saturated carbocycles. The number of aliphatic carboxylic acids is 1. The fourth-order valence-electron chi connectivity index (χ4n) is 4.66. The number of carbonyl (C=O) groups excluding carboxylic acids is 4. The monoisotopic (exact) mass is 733 g/mol. The second kappa shape index (κ2) is 22.9. The highest BCUT2D eigenvalue weighted by atomic mass is 32.2. The second-order valence-corrected chi connectivity index (χ2v) is 13.4. The molecule has 2 N–H and O–H groups in total. The summed E-state index contributed by atoms with van der Waals surface area (Å²) in [4.78, 5) is 76.7. The Morgan fingerprint density at radius 2 is 1.35 bits per heavy atom. The van der Waals surface area contributed by atoms with Crippen molar-refractivity contribution in [3.05, 3.63) is 43.3 Å². The molecule has 0 bridgehead atoms. The van der Waals surface area contributed by atoms with Crippen LogP contribution in [0.2, 0.25) is 0 Å². The third-order valence-corrected chi connectivity index (χ3v) is 8.19. The van der Waals surface area contributed by atoms with Gasteiger partial charge in [-0.15, -0.1) is 0 Å². The normalized spacial score (nSPS) is 15.2. The number of rotatable bonds is 16. The van der Waals surface area contributed by atoms with Crippen molar-refractivity contribution in [1.82, 2.24) is 34.9 Å². The van der Waals surface area contributed by atoms with Gasteiger partial charge in [0.05, 0.1) is 31.7 Å². The summed E-state index contributed by atoms with van der Waals surface area (Å²) in [5.74, 6) is 2.97. The van der Waals surface area contributed by atoms with Crippen molar-refractivity contribution in [1.29, 1.82) is 0 Å². The molecule has 0 spiro atoms. The van der Waals surface area contributed by atoms with Gasteiger partial charge in [-0.2, -0.15) is 0 Å². The van der Waals surface area contributed by atoms with Crippen molar-refractivity contribution in [3.8, 4) is 11.8 Å². The van der Waals surface area contributed by atoms with Crippen molar-refractivity contribution < 1.29 is 47.0 Å². The van der Waals surface area contributed by atoms with E-state index in [1.165, 1.54) is 24.5 Å². The lowest BCUT2D eigenvalue weighted by Crippen LogP contribution is -2.51. The van der Waals surface area contributed by atoms with E-state index in [4.69, 9.17) is 9.47 Å². The maximum atomic E-state index is 13.4. The Kier molecular flexibility index (Phi) is 19.1. The summed E-state index contributed by atoms with van der Waals surface area (Å²) >= 11 is 0. The fraction of sp³-hybridized carbons (Fsp3) is 0.545. The molecule has 51 heavy (non-hydrogen) atoms. The zero-order valence-electron chi connectivity index (χ0n) is 29.0. The second-order valence-electron chi connectivity index (χ2n) is 11.5. The van der Waals surface area contributed by atoms with Crippen LogP contribution in [0.25, 0.3) is 0 Å². The summed E-state index contributed by atoms with van der Waals surface area (Å²) in [7, 11) is -3.51. The molecule has 2 amide bonds. The molecule has 0 atom stereocenters. The Morgan fingerprint density at radius 1 is 0.863 bits per heavy atom. The highest BCUT2D eigenvalue weighted by Gasteiger charge is 2.23. The van der Waals surface area contributed by atoms with E-state index in [-0.39, 0.29) is 89.0 Å². The Bertz CT molecular complexity index is 1480. The minimum atomic E-state index is -3.51. The molecular weight excluding hydrogens is 686 g/mol. The van der Waals surface area contributed by atoms with Crippen molar-refractivity contribution in [2.45, 2.75) is 24.4 Å². The lowest BCUT2D eigenvalue weighted by molar-refractivity contribution is -0.144. The predicted octanol–water partition coefficient (Wildman–Crippen LogP) is -1.19. The van der Waals surface area contributed by atoms with E-state index in [0.29, 0.717) is 44.6 Å². The third-order valence-electron chi connectivity index (χ3n) is 7.31. The maximum absolute atomic E-state index is 13.4. The number of aromatic nitrogens is 2. The summed E-state index contributed by atoms with van der Waals surface area (Å²) in [5.41, 5.74) is 0.431. The van der Waals surface area contributed by atoms with Crippen molar-refractivity contribution in [3.63, 3.8) is 0 Å². The molecule has 0 radical (unpaired) electrons. The number of hydrogen-bond donors (Lipinski definition) is 2. The molecule has 0 aromatic carbocycles. The summed E-state index contributed by atoms with van der Waals surface area (Å²) in [5, 5.41) is 11.8. The molecule has 18 heteroatoms. The first-order valence-corrected chi connectivity index (χ1v) is 18.2. The predicted molar refractivity (Wildman–Crippen MR) is 185 cm³/mol. The van der Waals surface area contributed by atoms with E-state index < -0.39 is 27.7 Å². The topological polar surface area (TPSA) is 209 Å². The molecule has 1 aliphatic rings. The van der Waals surface area contributed by atoms with E-state index in [9.17, 15) is 37.5 Å². The van der Waals surface area contributed by atoms with Crippen LogP contribution < -0.4 is 5.32 Å². The van der Waals surface area contributed by atoms with Gasteiger partial charge in [0.2, 0.25) is 26.8 Å². The fourth-order valence-corrected chi connectivity index (χ4v) is 5.15. The van der Waals surface area contributed by atoms with Crippen LogP contribution in [0.1, 0.15) is 24.8 Å². The van der Waals surface area contributed by atoms with Gasteiger partial charge in [0, 0.05) is 83.8 Å². The summed E-state index contributed by atoms with van der Waals surface area (Å²) < 4.78 is 33.2. The SMILES string of the molecule is C=CCOC(=O)CN1CCN(CC(=O)O)CCN(CC(=O)OCC=C)CCN(C(=O)CNC(=O)CCCC#Cc2cnc(S(C)(=O)=O)nc2)CC1. The molecule has 1 aromatic rings. The number of esters is 2.